The number of hydrogen-bond donors (Lipinski definition) is 0. The Kier molecular flexibility index (Phi) is 12.2. The molecule has 11 nitrogen and oxygen atoms in total. The molecular formula is C33H54N8O3S2. The smallest absolute Gasteiger partial charge is 0.179 e. The van der Waals surface area contributed by atoms with E-state index in [0.717, 1.165) is 139 Å². The van der Waals surface area contributed by atoms with Crippen LogP contribution in [0, 0.1) is 0 Å². The van der Waals surface area contributed by atoms with Gasteiger partial charge in [-0.05, 0) is 27.7 Å². The van der Waals surface area contributed by atoms with Crippen molar-refractivity contribution in [1.82, 2.24) is 39.4 Å². The van der Waals surface area contributed by atoms with Gasteiger partial charge in [-0.15, -0.1) is 22.7 Å². The fraction of sp³-hybridized carbons (Fsp3) is 0.788. The molecule has 256 valence electrons. The van der Waals surface area contributed by atoms with Gasteiger partial charge in [-0.3, -0.25) is 34.2 Å². The molecule has 2 atom stereocenters. The van der Waals surface area contributed by atoms with Gasteiger partial charge in [-0.1, -0.05) is 0 Å². The fourth-order valence-corrected chi connectivity index (χ4v) is 8.85. The van der Waals surface area contributed by atoms with Gasteiger partial charge in [0, 0.05) is 101 Å². The molecule has 4 saturated heterocycles. The standard InChI is InChI=1S/C33H54N8O3S2/c1-25(2)38-5-9-40(10-6-38)31(27-23-45-29(34-27)21-36-13-17-43-18-14-36)33(42)32(41-11-7-39(8-12-41)26(3)4)28-24-46-30(35-28)22-37-15-19-44-20-16-37/h23-26,31-32H,5-22H2,1-4H3. The first-order valence-electron chi connectivity index (χ1n) is 17.3. The second-order valence-corrected chi connectivity index (χ2v) is 15.5. The summed E-state index contributed by atoms with van der Waals surface area (Å²) >= 11 is 3.39. The van der Waals surface area contributed by atoms with E-state index in [1.54, 1.807) is 22.7 Å². The van der Waals surface area contributed by atoms with E-state index in [1.807, 2.05) is 0 Å². The fourth-order valence-electron chi connectivity index (χ4n) is 7.15. The first-order valence-corrected chi connectivity index (χ1v) is 19.1. The van der Waals surface area contributed by atoms with Gasteiger partial charge in [0.15, 0.2) is 5.78 Å². The van der Waals surface area contributed by atoms with Crippen molar-refractivity contribution in [3.63, 3.8) is 0 Å². The second kappa shape index (κ2) is 16.3. The number of nitrogens with zero attached hydrogens (tertiary/aromatic N) is 8. The Balaban J connectivity index is 1.28. The Labute approximate surface area is 283 Å². The van der Waals surface area contributed by atoms with Crippen LogP contribution in [0.1, 0.15) is 61.2 Å². The average Bonchev–Trinajstić information content (AvgIpc) is 3.72. The van der Waals surface area contributed by atoms with Crippen LogP contribution in [0.4, 0.5) is 0 Å². The van der Waals surface area contributed by atoms with Gasteiger partial charge in [-0.25, -0.2) is 9.97 Å². The lowest BCUT2D eigenvalue weighted by Gasteiger charge is -2.43. The van der Waals surface area contributed by atoms with Gasteiger partial charge in [0.1, 0.15) is 22.1 Å². The zero-order valence-corrected chi connectivity index (χ0v) is 29.9. The van der Waals surface area contributed by atoms with Crippen LogP contribution in [0.2, 0.25) is 0 Å². The molecular weight excluding hydrogens is 621 g/mol. The van der Waals surface area contributed by atoms with Crippen molar-refractivity contribution in [3.8, 4) is 0 Å². The predicted molar refractivity (Wildman–Crippen MR) is 183 cm³/mol. The van der Waals surface area contributed by atoms with Crippen molar-refractivity contribution in [3.05, 3.63) is 32.2 Å². The molecule has 2 aromatic heterocycles. The molecule has 0 bridgehead atoms. The van der Waals surface area contributed by atoms with Gasteiger partial charge < -0.3 is 9.47 Å². The molecule has 4 aliphatic rings. The molecule has 0 amide bonds. The summed E-state index contributed by atoms with van der Waals surface area (Å²) in [5.41, 5.74) is 1.82. The highest BCUT2D eigenvalue weighted by molar-refractivity contribution is 7.10. The third kappa shape index (κ3) is 8.60. The molecule has 0 aromatic carbocycles. The van der Waals surface area contributed by atoms with E-state index in [9.17, 15) is 0 Å². The number of ketones is 1. The number of hydrogen-bond acceptors (Lipinski definition) is 13. The Morgan fingerprint density at radius 2 is 0.957 bits per heavy atom. The lowest BCUT2D eigenvalue weighted by molar-refractivity contribution is -0.132. The van der Waals surface area contributed by atoms with E-state index in [0.29, 0.717) is 12.1 Å². The van der Waals surface area contributed by atoms with Gasteiger partial charge in [0.05, 0.1) is 50.9 Å². The van der Waals surface area contributed by atoms with Crippen molar-refractivity contribution in [2.45, 2.75) is 65.0 Å². The molecule has 0 radical (unpaired) electrons. The molecule has 0 saturated carbocycles. The highest BCUT2D eigenvalue weighted by Gasteiger charge is 2.41. The van der Waals surface area contributed by atoms with Crippen LogP contribution in [0.5, 0.6) is 0 Å². The first kappa shape index (κ1) is 34.5. The largest absolute Gasteiger partial charge is 0.379 e. The monoisotopic (exact) mass is 674 g/mol. The quantitative estimate of drug-likeness (QED) is 0.334. The predicted octanol–water partition coefficient (Wildman–Crippen LogP) is 2.67. The van der Waals surface area contributed by atoms with Crippen molar-refractivity contribution < 1.29 is 14.3 Å². The van der Waals surface area contributed by atoms with Crippen LogP contribution in [-0.2, 0) is 27.4 Å². The van der Waals surface area contributed by atoms with Crippen molar-refractivity contribution in [2.75, 3.05) is 105 Å². The van der Waals surface area contributed by atoms with Gasteiger partial charge in [0.2, 0.25) is 0 Å². The molecule has 4 fully saturated rings. The maximum absolute atomic E-state index is 15.2. The second-order valence-electron chi connectivity index (χ2n) is 13.6. The number of piperazine rings is 2. The minimum Gasteiger partial charge on any atom is -0.379 e. The molecule has 0 aliphatic carbocycles. The molecule has 4 aliphatic heterocycles. The van der Waals surface area contributed by atoms with Crippen LogP contribution in [0.15, 0.2) is 10.8 Å². The summed E-state index contributed by atoms with van der Waals surface area (Å²) in [5.74, 6) is 0.224. The number of ether oxygens (including phenoxy) is 2. The molecule has 0 N–H and O–H groups in total. The third-order valence-corrected chi connectivity index (χ3v) is 11.8. The number of carbonyl (C=O) groups excluding carboxylic acids is 1. The number of morpholine rings is 2. The van der Waals surface area contributed by atoms with Crippen LogP contribution < -0.4 is 0 Å². The lowest BCUT2D eigenvalue weighted by atomic mass is 9.96. The number of Topliss-reactive ketones (excluding diaryl/α,β-unsaturated/α-hetero) is 1. The van der Waals surface area contributed by atoms with E-state index in [1.165, 1.54) is 0 Å². The molecule has 2 aromatic rings. The van der Waals surface area contributed by atoms with Gasteiger partial charge in [-0.2, -0.15) is 0 Å². The number of aromatic nitrogens is 2. The average molecular weight is 675 g/mol. The zero-order valence-electron chi connectivity index (χ0n) is 28.3. The number of rotatable bonds is 12. The Hall–Kier alpha value is -1.39. The Morgan fingerprint density at radius 3 is 1.30 bits per heavy atom. The number of thiazole rings is 2. The number of carbonyl (C=O) groups is 1. The molecule has 6 heterocycles. The van der Waals surface area contributed by atoms with E-state index in [2.05, 4.69) is 67.9 Å². The van der Waals surface area contributed by atoms with Crippen LogP contribution in [0.25, 0.3) is 0 Å². The molecule has 6 rings (SSSR count). The molecule has 46 heavy (non-hydrogen) atoms. The van der Waals surface area contributed by atoms with Gasteiger partial charge >= 0.3 is 0 Å². The highest BCUT2D eigenvalue weighted by atomic mass is 32.1. The molecule has 0 spiro atoms. The first-order chi connectivity index (χ1) is 22.4. The van der Waals surface area contributed by atoms with Crippen molar-refractivity contribution in [2.24, 2.45) is 0 Å². The lowest BCUT2D eigenvalue weighted by Crippen LogP contribution is -2.54. The maximum Gasteiger partial charge on any atom is 0.179 e. The summed E-state index contributed by atoms with van der Waals surface area (Å²) in [5, 5.41) is 6.48. The van der Waals surface area contributed by atoms with Crippen molar-refractivity contribution in [1.29, 1.82) is 0 Å². The topological polar surface area (TPSA) is 80.8 Å². The van der Waals surface area contributed by atoms with Crippen LogP contribution >= 0.6 is 22.7 Å². The normalized spacial score (nSPS) is 23.8. The SMILES string of the molecule is CC(C)N1CCN(C(C(=O)C(c2csc(CN3CCOCC3)n2)N2CCN(C(C)C)CC2)c2csc(CN3CCOCC3)n2)CC1. The zero-order chi connectivity index (χ0) is 32.0. The highest BCUT2D eigenvalue weighted by Crippen LogP contribution is 2.35. The molecule has 13 heteroatoms. The minimum atomic E-state index is -0.387. The summed E-state index contributed by atoms with van der Waals surface area (Å²) < 4.78 is 11.1. The summed E-state index contributed by atoms with van der Waals surface area (Å²) in [4.78, 5) is 40.3. The molecule has 2 unspecified atom stereocenters. The van der Waals surface area contributed by atoms with Crippen LogP contribution in [0.3, 0.4) is 0 Å². The summed E-state index contributed by atoms with van der Waals surface area (Å²) in [6.07, 6.45) is 0. The van der Waals surface area contributed by atoms with Crippen LogP contribution in [-0.4, -0.2) is 162 Å². The summed E-state index contributed by atoms with van der Waals surface area (Å²) in [6, 6.07) is 0.226. The summed E-state index contributed by atoms with van der Waals surface area (Å²) in [7, 11) is 0. The van der Waals surface area contributed by atoms with Gasteiger partial charge in [0.25, 0.3) is 0 Å². The third-order valence-electron chi connectivity index (χ3n) is 10.1. The van der Waals surface area contributed by atoms with E-state index >= 15 is 4.79 Å². The van der Waals surface area contributed by atoms with E-state index in [-0.39, 0.29) is 17.9 Å². The van der Waals surface area contributed by atoms with Crippen molar-refractivity contribution >= 4 is 28.5 Å². The minimum absolute atomic E-state index is 0.224. The summed E-state index contributed by atoms with van der Waals surface area (Å²) in [6.45, 7) is 24.8. The Bertz CT molecular complexity index is 1140. The Morgan fingerprint density at radius 1 is 0.609 bits per heavy atom. The van der Waals surface area contributed by atoms with E-state index in [4.69, 9.17) is 19.4 Å². The van der Waals surface area contributed by atoms with E-state index < -0.39 is 0 Å². The maximum atomic E-state index is 15.2.